The van der Waals surface area contributed by atoms with Crippen LogP contribution < -0.4 is 4.84 Å². The third-order valence-electron chi connectivity index (χ3n) is 3.82. The first-order valence-electron chi connectivity index (χ1n) is 7.72. The van der Waals surface area contributed by atoms with Crippen molar-refractivity contribution in [1.82, 2.24) is 10.0 Å². The van der Waals surface area contributed by atoms with E-state index < -0.39 is 0 Å². The monoisotopic (exact) mass is 440 g/mol. The van der Waals surface area contributed by atoms with E-state index in [-0.39, 0.29) is 5.91 Å². The van der Waals surface area contributed by atoms with E-state index in [9.17, 15) is 4.79 Å². The van der Waals surface area contributed by atoms with Gasteiger partial charge in [0, 0.05) is 21.4 Å². The summed E-state index contributed by atoms with van der Waals surface area (Å²) in [5, 5.41) is 1.32. The SMILES string of the molecule is O=C1c2ccc(I)cc2/C(=C\c2ccccc2)N1Oc1ccccn1. The van der Waals surface area contributed by atoms with Crippen molar-refractivity contribution in [1.29, 1.82) is 0 Å². The van der Waals surface area contributed by atoms with E-state index in [4.69, 9.17) is 4.84 Å². The number of carbonyl (C=O) groups excluding carboxylic acids is 1. The number of hydrogen-bond acceptors (Lipinski definition) is 3. The van der Waals surface area contributed by atoms with Gasteiger partial charge in [-0.15, -0.1) is 5.06 Å². The van der Waals surface area contributed by atoms with Crippen LogP contribution in [0.2, 0.25) is 0 Å². The number of hydroxylamine groups is 2. The summed E-state index contributed by atoms with van der Waals surface area (Å²) in [5.74, 6) is 0.177. The molecule has 1 aliphatic rings. The second kappa shape index (κ2) is 6.68. The van der Waals surface area contributed by atoms with Gasteiger partial charge in [0.25, 0.3) is 5.91 Å². The van der Waals surface area contributed by atoms with Crippen molar-refractivity contribution in [3.8, 4) is 5.88 Å². The predicted octanol–water partition coefficient (Wildman–Crippen LogP) is 4.63. The summed E-state index contributed by atoms with van der Waals surface area (Å²) in [5.41, 5.74) is 3.18. The first-order chi connectivity index (χ1) is 12.2. The number of amides is 1. The number of benzene rings is 2. The standard InChI is InChI=1S/C20H13IN2O2/c21-15-9-10-16-17(13-15)18(12-14-6-2-1-3-7-14)23(20(16)24)25-19-8-4-5-11-22-19/h1-13H/b18-12+. The minimum atomic E-state index is -0.195. The molecule has 1 aliphatic heterocycles. The minimum absolute atomic E-state index is 0.195. The Hall–Kier alpha value is -2.67. The zero-order valence-electron chi connectivity index (χ0n) is 13.1. The van der Waals surface area contributed by atoms with Crippen LogP contribution >= 0.6 is 22.6 Å². The molecule has 0 saturated heterocycles. The molecule has 0 aliphatic carbocycles. The maximum Gasteiger partial charge on any atom is 0.292 e. The number of fused-ring (bicyclic) bond motifs is 1. The molecule has 2 aromatic carbocycles. The Morgan fingerprint density at radius 2 is 1.76 bits per heavy atom. The van der Waals surface area contributed by atoms with Gasteiger partial charge >= 0.3 is 0 Å². The predicted molar refractivity (Wildman–Crippen MR) is 105 cm³/mol. The zero-order chi connectivity index (χ0) is 17.2. The van der Waals surface area contributed by atoms with Crippen molar-refractivity contribution < 1.29 is 9.63 Å². The molecule has 4 rings (SSSR count). The van der Waals surface area contributed by atoms with Crippen molar-refractivity contribution in [3.63, 3.8) is 0 Å². The van der Waals surface area contributed by atoms with Gasteiger partial charge in [-0.25, -0.2) is 4.98 Å². The average Bonchev–Trinajstić information content (AvgIpc) is 2.89. The second-order valence-electron chi connectivity index (χ2n) is 5.49. The maximum atomic E-state index is 12.8. The van der Waals surface area contributed by atoms with Crippen LogP contribution in [0.3, 0.4) is 0 Å². The smallest absolute Gasteiger partial charge is 0.292 e. The van der Waals surface area contributed by atoms with Gasteiger partial charge < -0.3 is 4.84 Å². The lowest BCUT2D eigenvalue weighted by Gasteiger charge is -2.17. The van der Waals surface area contributed by atoms with Gasteiger partial charge in [0.15, 0.2) is 0 Å². The zero-order valence-corrected chi connectivity index (χ0v) is 15.3. The highest BCUT2D eigenvalue weighted by atomic mass is 127. The third kappa shape index (κ3) is 3.15. The summed E-state index contributed by atoms with van der Waals surface area (Å²) in [6.45, 7) is 0. The topological polar surface area (TPSA) is 42.4 Å². The second-order valence-corrected chi connectivity index (χ2v) is 6.73. The average molecular weight is 440 g/mol. The molecule has 0 fully saturated rings. The van der Waals surface area contributed by atoms with Gasteiger partial charge in [-0.3, -0.25) is 4.79 Å². The van der Waals surface area contributed by atoms with Crippen molar-refractivity contribution in [2.45, 2.75) is 0 Å². The molecule has 0 radical (unpaired) electrons. The van der Waals surface area contributed by atoms with Crippen LogP contribution in [0.5, 0.6) is 5.88 Å². The van der Waals surface area contributed by atoms with E-state index in [1.165, 1.54) is 5.06 Å². The highest BCUT2D eigenvalue weighted by Crippen LogP contribution is 2.35. The number of rotatable bonds is 3. The van der Waals surface area contributed by atoms with Crippen molar-refractivity contribution in [3.05, 3.63) is 93.2 Å². The molecule has 0 N–H and O–H groups in total. The summed E-state index contributed by atoms with van der Waals surface area (Å²) in [6, 6.07) is 20.9. The van der Waals surface area contributed by atoms with Crippen LogP contribution in [-0.4, -0.2) is 16.0 Å². The highest BCUT2D eigenvalue weighted by molar-refractivity contribution is 14.1. The van der Waals surface area contributed by atoms with Crippen LogP contribution in [0.15, 0.2) is 72.9 Å². The molecule has 0 atom stereocenters. The molecule has 25 heavy (non-hydrogen) atoms. The van der Waals surface area contributed by atoms with E-state index in [1.807, 2.05) is 60.7 Å². The van der Waals surface area contributed by atoms with E-state index in [1.54, 1.807) is 18.3 Å². The van der Waals surface area contributed by atoms with Crippen molar-refractivity contribution in [2.75, 3.05) is 0 Å². The Kier molecular flexibility index (Phi) is 4.23. The minimum Gasteiger partial charge on any atom is -0.351 e. The molecule has 3 aromatic rings. The molecular weight excluding hydrogens is 427 g/mol. The van der Waals surface area contributed by atoms with E-state index in [0.29, 0.717) is 17.1 Å². The van der Waals surface area contributed by atoms with Crippen LogP contribution in [0.1, 0.15) is 21.5 Å². The lowest BCUT2D eigenvalue weighted by Crippen LogP contribution is -2.27. The highest BCUT2D eigenvalue weighted by Gasteiger charge is 2.34. The molecule has 4 nitrogen and oxygen atoms in total. The number of aromatic nitrogens is 1. The molecule has 0 unspecified atom stereocenters. The first kappa shape index (κ1) is 15.8. The lowest BCUT2D eigenvalue weighted by molar-refractivity contribution is 0.0107. The number of halogens is 1. The van der Waals surface area contributed by atoms with Crippen molar-refractivity contribution >= 4 is 40.3 Å². The number of hydrogen-bond donors (Lipinski definition) is 0. The summed E-state index contributed by atoms with van der Waals surface area (Å²) in [7, 11) is 0. The fourth-order valence-corrected chi connectivity index (χ4v) is 3.16. The molecule has 0 saturated carbocycles. The fraction of sp³-hybridized carbons (Fsp3) is 0. The Balaban J connectivity index is 1.82. The van der Waals surface area contributed by atoms with Gasteiger partial charge in [0.2, 0.25) is 5.88 Å². The van der Waals surface area contributed by atoms with E-state index in [0.717, 1.165) is 14.7 Å². The Morgan fingerprint density at radius 3 is 2.52 bits per heavy atom. The van der Waals surface area contributed by atoms with Gasteiger partial charge in [-0.05, 0) is 58.5 Å². The summed E-state index contributed by atoms with van der Waals surface area (Å²) in [6.07, 6.45) is 3.58. The molecule has 1 amide bonds. The van der Waals surface area contributed by atoms with Crippen LogP contribution in [0, 0.1) is 3.57 Å². The summed E-state index contributed by atoms with van der Waals surface area (Å²) < 4.78 is 1.06. The first-order valence-corrected chi connectivity index (χ1v) is 8.80. The van der Waals surface area contributed by atoms with Gasteiger partial charge in [0.1, 0.15) is 0 Å². The quantitative estimate of drug-likeness (QED) is 0.558. The largest absolute Gasteiger partial charge is 0.351 e. The van der Waals surface area contributed by atoms with Gasteiger partial charge in [-0.1, -0.05) is 36.4 Å². The van der Waals surface area contributed by atoms with Gasteiger partial charge in [-0.2, -0.15) is 0 Å². The Labute approximate surface area is 158 Å². The van der Waals surface area contributed by atoms with E-state index >= 15 is 0 Å². The number of nitrogens with zero attached hydrogens (tertiary/aromatic N) is 2. The van der Waals surface area contributed by atoms with Crippen LogP contribution in [-0.2, 0) is 0 Å². The van der Waals surface area contributed by atoms with Gasteiger partial charge in [0.05, 0.1) is 11.3 Å². The normalized spacial score (nSPS) is 14.7. The Bertz CT molecular complexity index is 956. The molecule has 2 heterocycles. The maximum absolute atomic E-state index is 12.8. The summed E-state index contributed by atoms with van der Waals surface area (Å²) >= 11 is 2.24. The molecule has 5 heteroatoms. The lowest BCUT2D eigenvalue weighted by atomic mass is 10.1. The molecule has 0 spiro atoms. The third-order valence-corrected chi connectivity index (χ3v) is 4.49. The van der Waals surface area contributed by atoms with Crippen molar-refractivity contribution in [2.24, 2.45) is 0 Å². The number of pyridine rings is 1. The Morgan fingerprint density at radius 1 is 0.960 bits per heavy atom. The molecule has 0 bridgehead atoms. The molecule has 122 valence electrons. The molecular formula is C20H13IN2O2. The van der Waals surface area contributed by atoms with Crippen LogP contribution in [0.25, 0.3) is 11.8 Å². The van der Waals surface area contributed by atoms with Crippen LogP contribution in [0.4, 0.5) is 0 Å². The fourth-order valence-electron chi connectivity index (χ4n) is 2.67. The van der Waals surface area contributed by atoms with E-state index in [2.05, 4.69) is 27.6 Å². The summed E-state index contributed by atoms with van der Waals surface area (Å²) in [4.78, 5) is 22.8. The molecule has 1 aromatic heterocycles. The number of carbonyl (C=O) groups is 1.